The summed E-state index contributed by atoms with van der Waals surface area (Å²) in [6.07, 6.45) is -0.246. The molecule has 0 aliphatic carbocycles. The van der Waals surface area contributed by atoms with Crippen molar-refractivity contribution in [3.8, 4) is 0 Å². The number of ketones is 1. The molecule has 0 fully saturated rings. The highest BCUT2D eigenvalue weighted by Crippen LogP contribution is 2.19. The van der Waals surface area contributed by atoms with Crippen LogP contribution in [0.2, 0.25) is 0 Å². The first-order valence-electron chi connectivity index (χ1n) is 4.54. The van der Waals surface area contributed by atoms with Gasteiger partial charge in [-0.3, -0.25) is 4.79 Å². The van der Waals surface area contributed by atoms with Gasteiger partial charge in [-0.15, -0.1) is 0 Å². The highest BCUT2D eigenvalue weighted by Gasteiger charge is 2.47. The monoisotopic (exact) mass is 224 g/mol. The summed E-state index contributed by atoms with van der Waals surface area (Å²) >= 11 is 0. The van der Waals surface area contributed by atoms with Gasteiger partial charge in [-0.2, -0.15) is 8.78 Å². The molecule has 0 radical (unpaired) electrons. The maximum Gasteiger partial charge on any atom is 0.399 e. The third-order valence-corrected chi connectivity index (χ3v) is 1.63. The van der Waals surface area contributed by atoms with Crippen molar-refractivity contribution in [2.24, 2.45) is 0 Å². The number of hydrogen-bond donors (Lipinski definition) is 0. The smallest absolute Gasteiger partial charge is 0.399 e. The predicted molar refractivity (Wildman–Crippen MR) is 47.7 cm³/mol. The Morgan fingerprint density at radius 3 is 2.40 bits per heavy atom. The lowest BCUT2D eigenvalue weighted by molar-refractivity contribution is -0.176. The fraction of sp³-hybridized carbons (Fsp3) is 0.778. The second-order valence-electron chi connectivity index (χ2n) is 2.81. The second-order valence-corrected chi connectivity index (χ2v) is 2.81. The lowest BCUT2D eigenvalue weighted by atomic mass is 10.1. The summed E-state index contributed by atoms with van der Waals surface area (Å²) in [6, 6.07) is 0. The Kier molecular flexibility index (Phi) is 6.00. The summed E-state index contributed by atoms with van der Waals surface area (Å²) in [4.78, 5) is 21.7. The van der Waals surface area contributed by atoms with Gasteiger partial charge in [0.1, 0.15) is 0 Å². The van der Waals surface area contributed by atoms with E-state index < -0.39 is 24.1 Å². The highest BCUT2D eigenvalue weighted by atomic mass is 19.3. The van der Waals surface area contributed by atoms with Gasteiger partial charge >= 0.3 is 11.9 Å². The molecule has 0 saturated carbocycles. The van der Waals surface area contributed by atoms with Crippen LogP contribution >= 0.6 is 0 Å². The Bertz CT molecular complexity index is 228. The molecule has 0 atom stereocenters. The zero-order valence-electron chi connectivity index (χ0n) is 8.72. The van der Waals surface area contributed by atoms with Crippen molar-refractivity contribution in [1.29, 1.82) is 0 Å². The van der Waals surface area contributed by atoms with E-state index in [1.54, 1.807) is 0 Å². The van der Waals surface area contributed by atoms with Crippen LogP contribution in [-0.2, 0) is 19.1 Å². The van der Waals surface area contributed by atoms with E-state index in [1.807, 2.05) is 0 Å². The molecule has 0 bridgehead atoms. The quantitative estimate of drug-likeness (QED) is 0.370. The molecule has 0 aromatic carbocycles. The summed E-state index contributed by atoms with van der Waals surface area (Å²) in [6.45, 7) is 1.41. The van der Waals surface area contributed by atoms with E-state index in [0.29, 0.717) is 0 Å². The van der Waals surface area contributed by atoms with Gasteiger partial charge in [-0.1, -0.05) is 0 Å². The molecule has 15 heavy (non-hydrogen) atoms. The van der Waals surface area contributed by atoms with Crippen LogP contribution in [0.25, 0.3) is 0 Å². The Hall–Kier alpha value is -1.04. The predicted octanol–water partition coefficient (Wildman–Crippen LogP) is 1.18. The molecule has 6 heteroatoms. The van der Waals surface area contributed by atoms with Crippen LogP contribution in [0.3, 0.4) is 0 Å². The number of Topliss-reactive ketones (excluding diaryl/α,β-unsaturated/α-hetero) is 1. The molecule has 4 nitrogen and oxygen atoms in total. The number of methoxy groups -OCH3 is 1. The first-order valence-corrected chi connectivity index (χ1v) is 4.54. The molecule has 0 aromatic heterocycles. The summed E-state index contributed by atoms with van der Waals surface area (Å²) < 4.78 is 34.6. The number of alkyl halides is 2. The van der Waals surface area contributed by atoms with Gasteiger partial charge < -0.3 is 9.47 Å². The van der Waals surface area contributed by atoms with Crippen molar-refractivity contribution in [1.82, 2.24) is 0 Å². The topological polar surface area (TPSA) is 52.6 Å². The first-order chi connectivity index (χ1) is 6.96. The molecule has 0 rings (SSSR count). The largest absolute Gasteiger partial charge is 0.461 e. The summed E-state index contributed by atoms with van der Waals surface area (Å²) in [5, 5.41) is 0. The summed E-state index contributed by atoms with van der Waals surface area (Å²) in [5.74, 6) is -7.26. The van der Waals surface area contributed by atoms with E-state index in [0.717, 1.165) is 0 Å². The molecular weight excluding hydrogens is 210 g/mol. The minimum atomic E-state index is -4.04. The molecule has 0 spiro atoms. The fourth-order valence-corrected chi connectivity index (χ4v) is 0.870. The van der Waals surface area contributed by atoms with Gasteiger partial charge in [0.15, 0.2) is 0 Å². The van der Waals surface area contributed by atoms with Crippen molar-refractivity contribution in [3.63, 3.8) is 0 Å². The number of carbonyl (C=O) groups is 2. The van der Waals surface area contributed by atoms with Gasteiger partial charge in [0.25, 0.3) is 0 Å². The van der Waals surface area contributed by atoms with Gasteiger partial charge in [-0.25, -0.2) is 4.79 Å². The fourth-order valence-electron chi connectivity index (χ4n) is 0.870. The van der Waals surface area contributed by atoms with Gasteiger partial charge in [0.2, 0.25) is 5.78 Å². The molecule has 0 N–H and O–H groups in total. The number of hydrogen-bond acceptors (Lipinski definition) is 4. The second kappa shape index (κ2) is 6.44. The molecule has 0 aromatic rings. The van der Waals surface area contributed by atoms with Crippen molar-refractivity contribution < 1.29 is 27.8 Å². The van der Waals surface area contributed by atoms with Crippen molar-refractivity contribution in [2.45, 2.75) is 25.7 Å². The Morgan fingerprint density at radius 2 is 1.93 bits per heavy atom. The minimum Gasteiger partial charge on any atom is -0.461 e. The SMILES string of the molecule is CCOC(=O)C(F)(F)C(=O)CCCOC. The van der Waals surface area contributed by atoms with Crippen LogP contribution in [0.15, 0.2) is 0 Å². The molecule has 0 aliphatic heterocycles. The van der Waals surface area contributed by atoms with E-state index in [2.05, 4.69) is 9.47 Å². The Labute approximate surface area is 86.5 Å². The zero-order valence-corrected chi connectivity index (χ0v) is 8.72. The number of halogens is 2. The van der Waals surface area contributed by atoms with Crippen molar-refractivity contribution in [3.05, 3.63) is 0 Å². The van der Waals surface area contributed by atoms with Crippen molar-refractivity contribution >= 4 is 11.8 Å². The average Bonchev–Trinajstić information content (AvgIpc) is 2.18. The van der Waals surface area contributed by atoms with Crippen LogP contribution in [0.1, 0.15) is 19.8 Å². The standard InChI is InChI=1S/C9H14F2O4/c1-3-15-8(13)9(10,11)7(12)5-4-6-14-2/h3-6H2,1-2H3. The molecule has 0 saturated heterocycles. The Morgan fingerprint density at radius 1 is 1.33 bits per heavy atom. The highest BCUT2D eigenvalue weighted by molar-refractivity contribution is 6.05. The molecule has 0 amide bonds. The molecule has 0 unspecified atom stereocenters. The maximum atomic E-state index is 13.0. The van der Waals surface area contributed by atoms with E-state index >= 15 is 0 Å². The van der Waals surface area contributed by atoms with E-state index in [-0.39, 0.29) is 19.6 Å². The average molecular weight is 224 g/mol. The van der Waals surface area contributed by atoms with Crippen LogP contribution < -0.4 is 0 Å². The summed E-state index contributed by atoms with van der Waals surface area (Å²) in [7, 11) is 1.40. The third-order valence-electron chi connectivity index (χ3n) is 1.63. The van der Waals surface area contributed by atoms with Crippen LogP contribution in [0.4, 0.5) is 8.78 Å². The zero-order chi connectivity index (χ0) is 11.9. The van der Waals surface area contributed by atoms with E-state index in [9.17, 15) is 18.4 Å². The first kappa shape index (κ1) is 14.0. The van der Waals surface area contributed by atoms with E-state index in [1.165, 1.54) is 14.0 Å². The molecule has 88 valence electrons. The van der Waals surface area contributed by atoms with E-state index in [4.69, 9.17) is 0 Å². The maximum absolute atomic E-state index is 13.0. The third kappa shape index (κ3) is 4.33. The Balaban J connectivity index is 4.19. The number of esters is 1. The summed E-state index contributed by atoms with van der Waals surface area (Å²) in [5.41, 5.74) is 0. The molecule has 0 heterocycles. The van der Waals surface area contributed by atoms with Gasteiger partial charge in [0.05, 0.1) is 6.61 Å². The lowest BCUT2D eigenvalue weighted by Crippen LogP contribution is -2.39. The lowest BCUT2D eigenvalue weighted by Gasteiger charge is -2.12. The van der Waals surface area contributed by atoms with Gasteiger partial charge in [0, 0.05) is 20.1 Å². The molecular formula is C9H14F2O4. The number of carbonyl (C=O) groups excluding carboxylic acids is 2. The van der Waals surface area contributed by atoms with Crippen LogP contribution in [0, 0.1) is 0 Å². The normalized spacial score (nSPS) is 11.2. The van der Waals surface area contributed by atoms with Crippen LogP contribution in [0.5, 0.6) is 0 Å². The molecule has 0 aliphatic rings. The number of ether oxygens (including phenoxy) is 2. The van der Waals surface area contributed by atoms with Crippen molar-refractivity contribution in [2.75, 3.05) is 20.3 Å². The minimum absolute atomic E-state index is 0.157. The van der Waals surface area contributed by atoms with Crippen LogP contribution in [-0.4, -0.2) is 38.0 Å². The number of rotatable bonds is 7. The van der Waals surface area contributed by atoms with Gasteiger partial charge in [-0.05, 0) is 13.3 Å².